The van der Waals surface area contributed by atoms with Crippen molar-refractivity contribution < 1.29 is 33.8 Å². The highest BCUT2D eigenvalue weighted by molar-refractivity contribution is 5.49. The van der Waals surface area contributed by atoms with Crippen molar-refractivity contribution in [1.82, 2.24) is 4.90 Å². The van der Waals surface area contributed by atoms with Gasteiger partial charge in [0.1, 0.15) is 0 Å². The molecule has 2 aliphatic rings. The number of nitrogens with zero attached hydrogens (tertiary/aromatic N) is 1. The summed E-state index contributed by atoms with van der Waals surface area (Å²) in [7, 11) is -1.55. The lowest BCUT2D eigenvalue weighted by molar-refractivity contribution is -0.0259. The number of fused-ring (bicyclic) bond motifs is 3. The predicted octanol–water partition coefficient (Wildman–Crippen LogP) is 3.42. The van der Waals surface area contributed by atoms with Crippen molar-refractivity contribution in [3.05, 3.63) is 23.3 Å². The van der Waals surface area contributed by atoms with Gasteiger partial charge in [-0.3, -0.25) is 4.90 Å². The number of piperidine rings is 1. The molecule has 3 atom stereocenters. The maximum atomic E-state index is 11.2. The molecule has 0 aromatic heterocycles. The van der Waals surface area contributed by atoms with Crippen LogP contribution in [-0.2, 0) is 6.42 Å². The maximum Gasteiger partial charge on any atom is 0.161 e. The van der Waals surface area contributed by atoms with Gasteiger partial charge in [0, 0.05) is 32.8 Å². The molecule has 4 nitrogen and oxygen atoms in total. The number of aliphatic hydroxyl groups excluding tert-OH is 1. The Bertz CT molecular complexity index is 1050. The highest BCUT2D eigenvalue weighted by Gasteiger charge is 2.39. The number of hydrogen-bond acceptors (Lipinski definition) is 4. The molecule has 2 aliphatic heterocycles. The van der Waals surface area contributed by atoms with Crippen LogP contribution in [-0.4, -0.2) is 43.3 Å². The third kappa shape index (κ3) is 3.40. The van der Waals surface area contributed by atoms with Gasteiger partial charge in [0.25, 0.3) is 0 Å². The van der Waals surface area contributed by atoms with E-state index in [0.717, 1.165) is 4.90 Å². The molecule has 24 heavy (non-hydrogen) atoms. The Kier molecular flexibility index (Phi) is 1.96. The van der Waals surface area contributed by atoms with Crippen LogP contribution in [0.5, 0.6) is 11.5 Å². The van der Waals surface area contributed by atoms with E-state index in [0.29, 0.717) is 12.5 Å². The van der Waals surface area contributed by atoms with E-state index in [-0.39, 0.29) is 30.0 Å². The number of ether oxygens (including phenoxy) is 2. The highest BCUT2D eigenvalue weighted by atomic mass is 16.5. The van der Waals surface area contributed by atoms with Crippen molar-refractivity contribution in [3.8, 4) is 11.5 Å². The Morgan fingerprint density at radius 1 is 1.46 bits per heavy atom. The van der Waals surface area contributed by atoms with Crippen LogP contribution in [0.25, 0.3) is 0 Å². The molecule has 1 N–H and O–H groups in total. The molecule has 4 heteroatoms. The second-order valence-corrected chi connectivity index (χ2v) is 6.26. The molecule has 1 aromatic carbocycles. The van der Waals surface area contributed by atoms with E-state index in [1.807, 2.05) is 0 Å². The third-order valence-corrected chi connectivity index (χ3v) is 4.27. The quantitative estimate of drug-likeness (QED) is 0.910. The van der Waals surface area contributed by atoms with E-state index < -0.39 is 63.5 Å². The Morgan fingerprint density at radius 3 is 2.96 bits per heavy atom. The summed E-state index contributed by atoms with van der Waals surface area (Å²) in [6.07, 6.45) is -5.78. The van der Waals surface area contributed by atoms with Gasteiger partial charge in [-0.25, -0.2) is 0 Å². The number of aliphatic hydroxyl groups is 1. The van der Waals surface area contributed by atoms with Crippen LogP contribution in [0.15, 0.2) is 12.1 Å². The van der Waals surface area contributed by atoms with Crippen molar-refractivity contribution in [1.29, 1.82) is 0 Å². The lowest BCUT2D eigenvalue weighted by atomic mass is 9.75. The zero-order valence-electron chi connectivity index (χ0n) is 27.6. The second kappa shape index (κ2) is 6.57. The molecular formula is C20H31NO3. The van der Waals surface area contributed by atoms with Crippen LogP contribution >= 0.6 is 0 Å². The summed E-state index contributed by atoms with van der Waals surface area (Å²) in [5.41, 5.74) is -2.47. The minimum Gasteiger partial charge on any atom is -0.493 e. The fraction of sp³-hybridized carbons (Fsp3) is 0.700. The minimum absolute atomic E-state index is 0.0572. The smallest absolute Gasteiger partial charge is 0.161 e. The number of methoxy groups -OCH3 is 2. The summed E-state index contributed by atoms with van der Waals surface area (Å²) < 4.78 is 124. The Morgan fingerprint density at radius 2 is 2.25 bits per heavy atom. The fourth-order valence-corrected chi connectivity index (χ4v) is 3.20. The Balaban J connectivity index is 2.16. The van der Waals surface area contributed by atoms with Crippen LogP contribution in [0.2, 0.25) is 0 Å². The first kappa shape index (κ1) is 7.16. The number of rotatable bonds is 3. The van der Waals surface area contributed by atoms with E-state index in [2.05, 4.69) is 0 Å². The van der Waals surface area contributed by atoms with Crippen molar-refractivity contribution >= 4 is 0 Å². The van der Waals surface area contributed by atoms with Crippen molar-refractivity contribution in [2.45, 2.75) is 52.0 Å². The second-order valence-electron chi connectivity index (χ2n) is 6.26. The minimum atomic E-state index is -3.39. The molecule has 2 heterocycles. The molecular weight excluding hydrogens is 302 g/mol. The van der Waals surface area contributed by atoms with Crippen molar-refractivity contribution in [2.24, 2.45) is 11.3 Å². The van der Waals surface area contributed by atoms with Gasteiger partial charge in [0.2, 0.25) is 0 Å². The van der Waals surface area contributed by atoms with Crippen LogP contribution in [0.4, 0.5) is 0 Å². The average Bonchev–Trinajstić information content (AvgIpc) is 2.68. The van der Waals surface area contributed by atoms with Crippen LogP contribution in [0.1, 0.15) is 69.8 Å². The highest BCUT2D eigenvalue weighted by Crippen LogP contribution is 2.44. The normalized spacial score (nSPS) is 43.3. The summed E-state index contributed by atoms with van der Waals surface area (Å²) in [5, 5.41) is 11.2. The van der Waals surface area contributed by atoms with E-state index >= 15 is 0 Å². The van der Waals surface area contributed by atoms with E-state index in [1.54, 1.807) is 0 Å². The first-order valence-electron chi connectivity index (χ1n) is 14.7. The van der Waals surface area contributed by atoms with E-state index in [1.165, 1.54) is 19.2 Å². The van der Waals surface area contributed by atoms with Gasteiger partial charge in [-0.15, -0.1) is 0 Å². The molecule has 0 amide bonds. The largest absolute Gasteiger partial charge is 0.493 e. The van der Waals surface area contributed by atoms with Crippen LogP contribution < -0.4 is 9.47 Å². The first-order chi connectivity index (χ1) is 16.9. The lowest BCUT2D eigenvalue weighted by Gasteiger charge is -2.47. The first-order valence-corrected chi connectivity index (χ1v) is 7.72. The van der Waals surface area contributed by atoms with Gasteiger partial charge < -0.3 is 14.6 Å². The summed E-state index contributed by atoms with van der Waals surface area (Å²) in [6, 6.07) is 0.662. The monoisotopic (exact) mass is 347 g/mol. The molecule has 1 saturated heterocycles. The number of benzene rings is 1. The molecule has 0 radical (unpaired) electrons. The predicted molar refractivity (Wildman–Crippen MR) is 95.7 cm³/mol. The zero-order valence-corrected chi connectivity index (χ0v) is 13.6. The summed E-state index contributed by atoms with van der Waals surface area (Å²) in [4.78, 5) is 0.987. The molecule has 3 unspecified atom stereocenters. The van der Waals surface area contributed by atoms with Gasteiger partial charge in [-0.2, -0.15) is 0 Å². The van der Waals surface area contributed by atoms with Crippen molar-refractivity contribution in [3.63, 3.8) is 0 Å². The lowest BCUT2D eigenvalue weighted by Crippen LogP contribution is -2.48. The van der Waals surface area contributed by atoms with E-state index in [9.17, 15) is 6.48 Å². The standard InChI is InChI=1S/C20H31NO3/c1-20(2,3)11-14-12-21-7-6-13-8-18(23-4)19(24-5)9-15(13)16(21)10-17(14)22/h8-9,14,16-17,22H,6-7,10-12H2,1-5H3/i1D3,2D3,4D3,11D2,12D2,16D. The SMILES string of the molecule is [2H]C([2H])([2H])Oc1cc2c(cc1OC)C1([2H])CC(O)C(C([2H])([2H])C(C)(C([2H])([2H])[2H])C([2H])([2H])[2H])C([2H])([2H])N1CC2. The van der Waals surface area contributed by atoms with Gasteiger partial charge in [-0.05, 0) is 53.8 Å². The Hall–Kier alpha value is -1.26. The molecule has 0 bridgehead atoms. The molecule has 3 rings (SSSR count). The number of hydrogen-bond donors (Lipinski definition) is 1. The summed E-state index contributed by atoms with van der Waals surface area (Å²) in [5.74, 6) is -2.33. The van der Waals surface area contributed by atoms with Gasteiger partial charge >= 0.3 is 0 Å². The Labute approximate surface area is 165 Å². The molecule has 1 fully saturated rings. The van der Waals surface area contributed by atoms with Gasteiger partial charge in [-0.1, -0.05) is 20.6 Å². The average molecular weight is 348 g/mol. The molecule has 1 aromatic rings. The topological polar surface area (TPSA) is 41.9 Å². The third-order valence-electron chi connectivity index (χ3n) is 4.27. The zero-order chi connectivity index (χ0) is 29.5. The van der Waals surface area contributed by atoms with Gasteiger partial charge in [0.15, 0.2) is 11.5 Å². The fourth-order valence-electron chi connectivity index (χ4n) is 3.20. The summed E-state index contributed by atoms with van der Waals surface area (Å²) in [6.45, 7) is -9.15. The van der Waals surface area contributed by atoms with Crippen LogP contribution in [0.3, 0.4) is 0 Å². The maximum absolute atomic E-state index is 11.2. The van der Waals surface area contributed by atoms with Gasteiger partial charge in [0.05, 0.1) is 25.7 Å². The molecule has 0 saturated carbocycles. The molecule has 0 spiro atoms. The molecule has 0 aliphatic carbocycles. The van der Waals surface area contributed by atoms with E-state index in [4.69, 9.17) is 27.3 Å². The van der Waals surface area contributed by atoms with Crippen LogP contribution in [0, 0.1) is 11.3 Å². The van der Waals surface area contributed by atoms with Crippen molar-refractivity contribution in [2.75, 3.05) is 27.2 Å². The summed E-state index contributed by atoms with van der Waals surface area (Å²) >= 11 is 0. The molecule has 134 valence electrons.